The third-order valence-electron chi connectivity index (χ3n) is 4.52. The fourth-order valence-corrected chi connectivity index (χ4v) is 4.80. The van der Waals surface area contributed by atoms with Gasteiger partial charge in [-0.2, -0.15) is 5.10 Å². The van der Waals surface area contributed by atoms with E-state index in [1.165, 1.54) is 4.70 Å². The summed E-state index contributed by atoms with van der Waals surface area (Å²) < 4.78 is 3.62. The average molecular weight is 390 g/mol. The highest BCUT2D eigenvalue weighted by Crippen LogP contribution is 2.30. The number of aromatic nitrogens is 4. The second-order valence-corrected chi connectivity index (χ2v) is 8.01. The summed E-state index contributed by atoms with van der Waals surface area (Å²) in [6, 6.07) is 9.97. The molecule has 27 heavy (non-hydrogen) atoms. The van der Waals surface area contributed by atoms with E-state index in [0.717, 1.165) is 32.4 Å². The highest BCUT2D eigenvalue weighted by atomic mass is 32.1. The zero-order valence-electron chi connectivity index (χ0n) is 14.2. The summed E-state index contributed by atoms with van der Waals surface area (Å²) in [7, 11) is 0. The van der Waals surface area contributed by atoms with Crippen LogP contribution in [0.25, 0.3) is 31.4 Å². The Labute approximate surface area is 162 Å². The monoisotopic (exact) mass is 390 g/mol. The van der Waals surface area contributed by atoms with Crippen LogP contribution in [0.1, 0.15) is 5.69 Å². The molecular formula is C20H14N4OS2. The second-order valence-electron chi connectivity index (χ2n) is 6.15. The van der Waals surface area contributed by atoms with Crippen LogP contribution in [0.5, 0.6) is 0 Å². The predicted molar refractivity (Wildman–Crippen MR) is 110 cm³/mol. The summed E-state index contributed by atoms with van der Waals surface area (Å²) in [5.74, 6) is 0. The van der Waals surface area contributed by atoms with Gasteiger partial charge in [0.1, 0.15) is 0 Å². The largest absolute Gasteiger partial charge is 0.276 e. The smallest absolute Gasteiger partial charge is 0.267 e. The Morgan fingerprint density at radius 1 is 1.00 bits per heavy atom. The van der Waals surface area contributed by atoms with Crippen LogP contribution in [-0.4, -0.2) is 19.7 Å². The summed E-state index contributed by atoms with van der Waals surface area (Å²) in [5, 5.41) is 9.14. The molecule has 0 bridgehead atoms. The van der Waals surface area contributed by atoms with E-state index in [0.29, 0.717) is 13.0 Å². The molecule has 5 aromatic rings. The van der Waals surface area contributed by atoms with E-state index in [2.05, 4.69) is 21.1 Å². The van der Waals surface area contributed by atoms with Gasteiger partial charge in [0.2, 0.25) is 0 Å². The normalized spacial score (nSPS) is 11.4. The fraction of sp³-hybridized carbons (Fsp3) is 0.100. The van der Waals surface area contributed by atoms with Crippen molar-refractivity contribution in [1.29, 1.82) is 0 Å². The van der Waals surface area contributed by atoms with Gasteiger partial charge in [-0.05, 0) is 41.3 Å². The molecule has 5 rings (SSSR count). The van der Waals surface area contributed by atoms with Crippen molar-refractivity contribution in [2.75, 3.05) is 0 Å². The molecule has 132 valence electrons. The van der Waals surface area contributed by atoms with Gasteiger partial charge in [0.15, 0.2) is 0 Å². The van der Waals surface area contributed by atoms with Crippen molar-refractivity contribution in [3.8, 4) is 11.1 Å². The van der Waals surface area contributed by atoms with Gasteiger partial charge in [0.25, 0.3) is 5.56 Å². The van der Waals surface area contributed by atoms with E-state index < -0.39 is 0 Å². The lowest BCUT2D eigenvalue weighted by Crippen LogP contribution is -2.23. The van der Waals surface area contributed by atoms with E-state index in [9.17, 15) is 4.79 Å². The lowest BCUT2D eigenvalue weighted by molar-refractivity contribution is 0.580. The quantitative estimate of drug-likeness (QED) is 0.457. The van der Waals surface area contributed by atoms with Crippen LogP contribution in [0, 0.1) is 0 Å². The van der Waals surface area contributed by atoms with Crippen molar-refractivity contribution < 1.29 is 0 Å². The lowest BCUT2D eigenvalue weighted by Gasteiger charge is -2.06. The predicted octanol–water partition coefficient (Wildman–Crippen LogP) is 4.37. The zero-order chi connectivity index (χ0) is 18.2. The molecule has 0 aliphatic carbocycles. The number of hydrogen-bond acceptors (Lipinski definition) is 6. The van der Waals surface area contributed by atoms with Gasteiger partial charge in [-0.3, -0.25) is 14.8 Å². The summed E-state index contributed by atoms with van der Waals surface area (Å²) in [6.45, 7) is 0.503. The molecule has 0 aromatic carbocycles. The van der Waals surface area contributed by atoms with Gasteiger partial charge < -0.3 is 0 Å². The van der Waals surface area contributed by atoms with E-state index >= 15 is 0 Å². The number of fused-ring (bicyclic) bond motifs is 2. The molecule has 0 aliphatic heterocycles. The van der Waals surface area contributed by atoms with Crippen molar-refractivity contribution >= 4 is 43.0 Å². The molecule has 0 fully saturated rings. The molecular weight excluding hydrogens is 376 g/mol. The molecule has 0 atom stereocenters. The number of nitrogens with zero attached hydrogens (tertiary/aromatic N) is 4. The van der Waals surface area contributed by atoms with Crippen molar-refractivity contribution in [3.05, 3.63) is 75.7 Å². The van der Waals surface area contributed by atoms with Crippen LogP contribution in [0.4, 0.5) is 0 Å². The summed E-state index contributed by atoms with van der Waals surface area (Å²) in [5.41, 5.74) is 3.85. The first-order valence-electron chi connectivity index (χ1n) is 8.50. The van der Waals surface area contributed by atoms with Crippen LogP contribution < -0.4 is 5.56 Å². The van der Waals surface area contributed by atoms with Crippen molar-refractivity contribution in [1.82, 2.24) is 19.7 Å². The zero-order valence-corrected chi connectivity index (χ0v) is 15.8. The van der Waals surface area contributed by atoms with E-state index in [1.807, 2.05) is 35.0 Å². The first-order chi connectivity index (χ1) is 13.3. The van der Waals surface area contributed by atoms with Crippen LogP contribution in [0.15, 0.2) is 64.5 Å². The topological polar surface area (TPSA) is 60.7 Å². The number of thiophene rings is 2. The minimum atomic E-state index is -0.0582. The highest BCUT2D eigenvalue weighted by Gasteiger charge is 2.13. The molecule has 5 nitrogen and oxygen atoms in total. The van der Waals surface area contributed by atoms with E-state index in [1.54, 1.807) is 45.9 Å². The fourth-order valence-electron chi connectivity index (χ4n) is 3.15. The van der Waals surface area contributed by atoms with Crippen molar-refractivity contribution in [2.45, 2.75) is 13.0 Å². The van der Waals surface area contributed by atoms with Gasteiger partial charge in [-0.15, -0.1) is 22.7 Å². The Bertz CT molecular complexity index is 1300. The Kier molecular flexibility index (Phi) is 4.03. The third-order valence-corrected chi connectivity index (χ3v) is 6.31. The van der Waals surface area contributed by atoms with Crippen LogP contribution >= 0.6 is 22.7 Å². The van der Waals surface area contributed by atoms with Gasteiger partial charge in [0.05, 0.1) is 33.0 Å². The average Bonchev–Trinajstić information content (AvgIpc) is 3.35. The molecule has 0 saturated carbocycles. The Morgan fingerprint density at radius 3 is 2.78 bits per heavy atom. The van der Waals surface area contributed by atoms with Gasteiger partial charge in [0, 0.05) is 35.5 Å². The summed E-state index contributed by atoms with van der Waals surface area (Å²) in [4.78, 5) is 21.8. The van der Waals surface area contributed by atoms with Gasteiger partial charge in [-0.1, -0.05) is 0 Å². The molecule has 5 heterocycles. The number of rotatable bonds is 4. The summed E-state index contributed by atoms with van der Waals surface area (Å²) >= 11 is 3.22. The molecule has 0 N–H and O–H groups in total. The first kappa shape index (κ1) is 16.3. The highest BCUT2D eigenvalue weighted by molar-refractivity contribution is 7.17. The SMILES string of the molecule is O=c1c2c(-c3ccncc3)csc2cnn1CCc1ccc2sccc2n1. The molecule has 0 aliphatic rings. The molecule has 0 radical (unpaired) electrons. The molecule has 0 unspecified atom stereocenters. The summed E-state index contributed by atoms with van der Waals surface area (Å²) in [6.07, 6.45) is 5.93. The molecule has 0 spiro atoms. The van der Waals surface area contributed by atoms with Crippen LogP contribution in [-0.2, 0) is 13.0 Å². The van der Waals surface area contributed by atoms with E-state index in [4.69, 9.17) is 0 Å². The molecule has 7 heteroatoms. The van der Waals surface area contributed by atoms with Crippen LogP contribution in [0.2, 0.25) is 0 Å². The Morgan fingerprint density at radius 2 is 1.89 bits per heavy atom. The van der Waals surface area contributed by atoms with Crippen molar-refractivity contribution in [2.24, 2.45) is 0 Å². The standard InChI is InChI=1S/C20H14N4OS2/c25-20-19-15(13-3-7-21-8-4-13)12-27-18(19)11-22-24(20)9-5-14-1-2-17-16(23-14)6-10-26-17/h1-4,6-8,10-12H,5,9H2. The third kappa shape index (κ3) is 2.94. The lowest BCUT2D eigenvalue weighted by atomic mass is 10.1. The second kappa shape index (κ2) is 6.68. The Balaban J connectivity index is 1.50. The molecule has 5 aromatic heterocycles. The first-order valence-corrected chi connectivity index (χ1v) is 10.3. The van der Waals surface area contributed by atoms with Crippen LogP contribution in [0.3, 0.4) is 0 Å². The van der Waals surface area contributed by atoms with Gasteiger partial charge in [-0.25, -0.2) is 4.68 Å². The maximum atomic E-state index is 13.0. The molecule has 0 saturated heterocycles. The van der Waals surface area contributed by atoms with Crippen molar-refractivity contribution in [3.63, 3.8) is 0 Å². The number of hydrogen-bond donors (Lipinski definition) is 0. The number of aryl methyl sites for hydroxylation is 2. The maximum absolute atomic E-state index is 13.0. The van der Waals surface area contributed by atoms with Gasteiger partial charge >= 0.3 is 0 Å². The minimum Gasteiger partial charge on any atom is -0.267 e. The molecule has 0 amide bonds. The Hall–Kier alpha value is -2.90. The number of pyridine rings is 2. The minimum absolute atomic E-state index is 0.0582. The maximum Gasteiger partial charge on any atom is 0.276 e. The van der Waals surface area contributed by atoms with E-state index in [-0.39, 0.29) is 5.56 Å².